The van der Waals surface area contributed by atoms with Crippen LogP contribution in [0.5, 0.6) is 0 Å². The Bertz CT molecular complexity index is 180. The van der Waals surface area contributed by atoms with Gasteiger partial charge in [0.05, 0.1) is 0 Å². The van der Waals surface area contributed by atoms with E-state index in [9.17, 15) is 0 Å². The van der Waals surface area contributed by atoms with Gasteiger partial charge in [-0.3, -0.25) is 4.90 Å². The van der Waals surface area contributed by atoms with Crippen LogP contribution in [0.3, 0.4) is 0 Å². The summed E-state index contributed by atoms with van der Waals surface area (Å²) in [4.78, 5) is 2.71. The minimum absolute atomic E-state index is 0.783. The van der Waals surface area contributed by atoms with Gasteiger partial charge in [-0.2, -0.15) is 0 Å². The molecule has 0 aromatic rings. The van der Waals surface area contributed by atoms with E-state index in [0.29, 0.717) is 0 Å². The predicted octanol–water partition coefficient (Wildman–Crippen LogP) is 2.74. The molecule has 1 saturated heterocycles. The minimum atomic E-state index is 0.783. The lowest BCUT2D eigenvalue weighted by molar-refractivity contribution is 0.180. The van der Waals surface area contributed by atoms with Crippen molar-refractivity contribution in [2.24, 2.45) is 11.8 Å². The maximum Gasteiger partial charge on any atom is 0.0119 e. The third-order valence-electron chi connectivity index (χ3n) is 3.65. The van der Waals surface area contributed by atoms with Crippen LogP contribution in [0.15, 0.2) is 0 Å². The molecule has 0 bridgehead atoms. The second-order valence-electron chi connectivity index (χ2n) is 5.76. The Hall–Kier alpha value is -0.0800. The molecule has 1 N–H and O–H groups in total. The van der Waals surface area contributed by atoms with Crippen LogP contribution >= 0.6 is 0 Å². The molecule has 0 spiro atoms. The van der Waals surface area contributed by atoms with Gasteiger partial charge >= 0.3 is 0 Å². The molecule has 2 unspecified atom stereocenters. The van der Waals surface area contributed by atoms with Crippen molar-refractivity contribution in [2.45, 2.75) is 53.0 Å². The summed E-state index contributed by atoms with van der Waals surface area (Å²) in [5, 5.41) is 3.53. The Morgan fingerprint density at radius 1 is 1.31 bits per heavy atom. The van der Waals surface area contributed by atoms with Crippen molar-refractivity contribution < 1.29 is 0 Å². The van der Waals surface area contributed by atoms with E-state index in [1.165, 1.54) is 38.9 Å². The van der Waals surface area contributed by atoms with E-state index in [1.54, 1.807) is 0 Å². The van der Waals surface area contributed by atoms with Crippen molar-refractivity contribution in [3.05, 3.63) is 0 Å². The minimum Gasteiger partial charge on any atom is -0.316 e. The van der Waals surface area contributed by atoms with Gasteiger partial charge in [-0.25, -0.2) is 0 Å². The maximum atomic E-state index is 3.53. The normalized spacial score (nSPS) is 24.2. The number of nitrogens with one attached hydrogen (secondary N) is 1. The Morgan fingerprint density at radius 3 is 2.69 bits per heavy atom. The first-order chi connectivity index (χ1) is 7.65. The largest absolute Gasteiger partial charge is 0.316 e. The molecule has 1 rings (SSSR count). The molecule has 1 fully saturated rings. The summed E-state index contributed by atoms with van der Waals surface area (Å²) in [5.41, 5.74) is 0. The smallest absolute Gasteiger partial charge is 0.0119 e. The summed E-state index contributed by atoms with van der Waals surface area (Å²) in [6.07, 6.45) is 4.05. The predicted molar refractivity (Wildman–Crippen MR) is 71.8 cm³/mol. The summed E-state index contributed by atoms with van der Waals surface area (Å²) < 4.78 is 0. The number of rotatable bonds is 7. The molecule has 1 aliphatic heterocycles. The molecule has 0 aliphatic carbocycles. The van der Waals surface area contributed by atoms with E-state index in [2.05, 4.69) is 37.9 Å². The zero-order valence-corrected chi connectivity index (χ0v) is 11.6. The Morgan fingerprint density at radius 2 is 2.06 bits per heavy atom. The SMILES string of the molecule is CCCNCC(C)CN1CCCC1C(C)C. The van der Waals surface area contributed by atoms with E-state index >= 15 is 0 Å². The van der Waals surface area contributed by atoms with Gasteiger partial charge in [-0.05, 0) is 50.7 Å². The van der Waals surface area contributed by atoms with Crippen molar-refractivity contribution in [3.8, 4) is 0 Å². The molecule has 0 radical (unpaired) electrons. The molecule has 2 heteroatoms. The summed E-state index contributed by atoms with van der Waals surface area (Å²) in [5.74, 6) is 1.60. The van der Waals surface area contributed by atoms with Crippen molar-refractivity contribution in [1.29, 1.82) is 0 Å². The first-order valence-corrected chi connectivity index (χ1v) is 7.09. The highest BCUT2D eigenvalue weighted by molar-refractivity contribution is 4.82. The maximum absolute atomic E-state index is 3.53. The van der Waals surface area contributed by atoms with E-state index < -0.39 is 0 Å². The van der Waals surface area contributed by atoms with Crippen molar-refractivity contribution in [2.75, 3.05) is 26.2 Å². The number of hydrogen-bond donors (Lipinski definition) is 1. The first kappa shape index (κ1) is 14.0. The van der Waals surface area contributed by atoms with Gasteiger partial charge in [-0.1, -0.05) is 27.7 Å². The van der Waals surface area contributed by atoms with Crippen molar-refractivity contribution in [3.63, 3.8) is 0 Å². The summed E-state index contributed by atoms with van der Waals surface area (Å²) in [6.45, 7) is 14.3. The molecular formula is C14H30N2. The lowest BCUT2D eigenvalue weighted by Crippen LogP contribution is -2.39. The monoisotopic (exact) mass is 226 g/mol. The topological polar surface area (TPSA) is 15.3 Å². The Labute approximate surface area is 102 Å². The third-order valence-corrected chi connectivity index (χ3v) is 3.65. The van der Waals surface area contributed by atoms with Gasteiger partial charge in [0.15, 0.2) is 0 Å². The van der Waals surface area contributed by atoms with Gasteiger partial charge < -0.3 is 5.32 Å². The van der Waals surface area contributed by atoms with Gasteiger partial charge in [0.25, 0.3) is 0 Å². The zero-order chi connectivity index (χ0) is 12.0. The van der Waals surface area contributed by atoms with E-state index in [4.69, 9.17) is 0 Å². The first-order valence-electron chi connectivity index (χ1n) is 7.09. The third kappa shape index (κ3) is 4.42. The number of hydrogen-bond acceptors (Lipinski definition) is 2. The highest BCUT2D eigenvalue weighted by atomic mass is 15.2. The fourth-order valence-electron chi connectivity index (χ4n) is 2.82. The van der Waals surface area contributed by atoms with Crippen LogP contribution in [0.1, 0.15) is 47.0 Å². The fraction of sp³-hybridized carbons (Fsp3) is 1.00. The van der Waals surface area contributed by atoms with Crippen LogP contribution < -0.4 is 5.32 Å². The summed E-state index contributed by atoms with van der Waals surface area (Å²) >= 11 is 0. The standard InChI is InChI=1S/C14H30N2/c1-5-8-15-10-13(4)11-16-9-6-7-14(16)12(2)3/h12-15H,5-11H2,1-4H3. The molecule has 0 aromatic carbocycles. The molecule has 0 aromatic heterocycles. The summed E-state index contributed by atoms with van der Waals surface area (Å²) in [7, 11) is 0. The summed E-state index contributed by atoms with van der Waals surface area (Å²) in [6, 6.07) is 0.841. The fourth-order valence-corrected chi connectivity index (χ4v) is 2.82. The molecule has 16 heavy (non-hydrogen) atoms. The molecule has 2 atom stereocenters. The van der Waals surface area contributed by atoms with Crippen LogP contribution in [-0.2, 0) is 0 Å². The Kier molecular flexibility index (Phi) is 6.37. The molecule has 0 saturated carbocycles. The van der Waals surface area contributed by atoms with Crippen LogP contribution in [0.25, 0.3) is 0 Å². The van der Waals surface area contributed by atoms with Crippen LogP contribution in [0, 0.1) is 11.8 Å². The molecule has 2 nitrogen and oxygen atoms in total. The highest BCUT2D eigenvalue weighted by Gasteiger charge is 2.27. The number of nitrogens with zero attached hydrogens (tertiary/aromatic N) is 1. The van der Waals surface area contributed by atoms with Crippen molar-refractivity contribution >= 4 is 0 Å². The molecule has 1 heterocycles. The average molecular weight is 226 g/mol. The van der Waals surface area contributed by atoms with Gasteiger partial charge in [0, 0.05) is 12.6 Å². The van der Waals surface area contributed by atoms with Gasteiger partial charge in [0.1, 0.15) is 0 Å². The van der Waals surface area contributed by atoms with Crippen LogP contribution in [-0.4, -0.2) is 37.1 Å². The Balaban J connectivity index is 2.24. The molecule has 1 aliphatic rings. The lowest BCUT2D eigenvalue weighted by Gasteiger charge is -2.30. The van der Waals surface area contributed by atoms with Gasteiger partial charge in [-0.15, -0.1) is 0 Å². The average Bonchev–Trinajstić information content (AvgIpc) is 2.66. The van der Waals surface area contributed by atoms with E-state index in [0.717, 1.165) is 24.4 Å². The lowest BCUT2D eigenvalue weighted by atomic mass is 10.0. The van der Waals surface area contributed by atoms with E-state index in [1.807, 2.05) is 0 Å². The number of likely N-dealkylation sites (tertiary alicyclic amines) is 1. The highest BCUT2D eigenvalue weighted by Crippen LogP contribution is 2.24. The van der Waals surface area contributed by atoms with Crippen molar-refractivity contribution in [1.82, 2.24) is 10.2 Å². The zero-order valence-electron chi connectivity index (χ0n) is 11.6. The van der Waals surface area contributed by atoms with Crippen LogP contribution in [0.4, 0.5) is 0 Å². The second-order valence-corrected chi connectivity index (χ2v) is 5.76. The second kappa shape index (κ2) is 7.29. The van der Waals surface area contributed by atoms with Gasteiger partial charge in [0.2, 0.25) is 0 Å². The van der Waals surface area contributed by atoms with E-state index in [-0.39, 0.29) is 0 Å². The molecule has 0 amide bonds. The molecular weight excluding hydrogens is 196 g/mol. The molecule has 96 valence electrons. The quantitative estimate of drug-likeness (QED) is 0.672. The van der Waals surface area contributed by atoms with Crippen LogP contribution in [0.2, 0.25) is 0 Å².